The summed E-state index contributed by atoms with van der Waals surface area (Å²) in [5.41, 5.74) is 0.278. The summed E-state index contributed by atoms with van der Waals surface area (Å²) in [6, 6.07) is 3.89. The molecule has 2 atom stereocenters. The fourth-order valence-electron chi connectivity index (χ4n) is 3.22. The number of piperidine rings is 1. The van der Waals surface area contributed by atoms with Crippen molar-refractivity contribution in [1.29, 1.82) is 0 Å². The Hall–Kier alpha value is -1.51. The fourth-order valence-corrected chi connectivity index (χ4v) is 4.79. The summed E-state index contributed by atoms with van der Waals surface area (Å²) in [4.78, 5) is 12.7. The Morgan fingerprint density at radius 1 is 1.39 bits per heavy atom. The van der Waals surface area contributed by atoms with Gasteiger partial charge in [-0.3, -0.25) is 10.1 Å². The minimum absolute atomic E-state index is 0.0632. The summed E-state index contributed by atoms with van der Waals surface area (Å²) >= 11 is 0. The van der Waals surface area contributed by atoms with Crippen molar-refractivity contribution >= 4 is 15.7 Å². The molecule has 0 radical (unpaired) electrons. The molecular formula is C15H23N3O4S. The molecule has 0 aromatic heterocycles. The molecule has 0 saturated carbocycles. The van der Waals surface area contributed by atoms with E-state index >= 15 is 0 Å². The Balaban J connectivity index is 2.30. The van der Waals surface area contributed by atoms with Crippen LogP contribution in [-0.4, -0.2) is 55.8 Å². The van der Waals surface area contributed by atoms with Gasteiger partial charge in [0.2, 0.25) is 10.0 Å². The molecule has 8 heteroatoms. The van der Waals surface area contributed by atoms with Crippen LogP contribution in [0, 0.1) is 23.0 Å². The van der Waals surface area contributed by atoms with E-state index in [0.29, 0.717) is 5.56 Å². The molecule has 1 saturated heterocycles. The number of benzene rings is 1. The zero-order valence-electron chi connectivity index (χ0n) is 13.9. The summed E-state index contributed by atoms with van der Waals surface area (Å²) in [6.07, 6.45) is 0.777. The molecule has 0 bridgehead atoms. The highest BCUT2D eigenvalue weighted by molar-refractivity contribution is 7.89. The van der Waals surface area contributed by atoms with Crippen molar-refractivity contribution in [1.82, 2.24) is 9.21 Å². The predicted molar refractivity (Wildman–Crippen MR) is 87.8 cm³/mol. The maximum atomic E-state index is 12.8. The lowest BCUT2D eigenvalue weighted by atomic mass is 9.94. The topological polar surface area (TPSA) is 83.8 Å². The third-order valence-corrected chi connectivity index (χ3v) is 6.45. The second kappa shape index (κ2) is 6.54. The van der Waals surface area contributed by atoms with E-state index in [-0.39, 0.29) is 22.5 Å². The molecule has 0 amide bonds. The fraction of sp³-hybridized carbons (Fsp3) is 0.600. The first-order chi connectivity index (χ1) is 10.6. The van der Waals surface area contributed by atoms with Crippen molar-refractivity contribution in [2.75, 3.05) is 27.2 Å². The number of sulfonamides is 1. The maximum Gasteiger partial charge on any atom is 0.272 e. The quantitative estimate of drug-likeness (QED) is 0.616. The molecule has 23 heavy (non-hydrogen) atoms. The van der Waals surface area contributed by atoms with Gasteiger partial charge in [-0.05, 0) is 45.0 Å². The Kier molecular flexibility index (Phi) is 5.07. The highest BCUT2D eigenvalue weighted by Gasteiger charge is 2.34. The SMILES string of the molecule is Cc1cc(S(=O)(=O)N(C)[C@H]2CCN(C)C[C@@H]2C)ccc1[N+](=O)[O-]. The first-order valence-electron chi connectivity index (χ1n) is 7.56. The number of hydrogen-bond donors (Lipinski definition) is 0. The highest BCUT2D eigenvalue weighted by atomic mass is 32.2. The van der Waals surface area contributed by atoms with Crippen molar-refractivity contribution in [2.24, 2.45) is 5.92 Å². The lowest BCUT2D eigenvalue weighted by Gasteiger charge is -2.39. The summed E-state index contributed by atoms with van der Waals surface area (Å²) in [7, 11) is -0.0373. The second-order valence-corrected chi connectivity index (χ2v) is 8.32. The Morgan fingerprint density at radius 3 is 2.57 bits per heavy atom. The number of nitrogens with zero attached hydrogens (tertiary/aromatic N) is 3. The minimum atomic E-state index is -3.66. The molecule has 1 aromatic carbocycles. The molecule has 1 heterocycles. The van der Waals surface area contributed by atoms with Crippen LogP contribution in [0.5, 0.6) is 0 Å². The van der Waals surface area contributed by atoms with Gasteiger partial charge in [0.25, 0.3) is 5.69 Å². The number of hydrogen-bond acceptors (Lipinski definition) is 5. The molecule has 2 rings (SSSR count). The molecule has 1 fully saturated rings. The number of rotatable bonds is 4. The summed E-state index contributed by atoms with van der Waals surface area (Å²) < 4.78 is 27.1. The van der Waals surface area contributed by atoms with E-state index in [0.717, 1.165) is 19.5 Å². The molecule has 0 aliphatic carbocycles. The monoisotopic (exact) mass is 341 g/mol. The number of nitro benzene ring substituents is 1. The van der Waals surface area contributed by atoms with Gasteiger partial charge in [0.1, 0.15) is 0 Å². The van der Waals surface area contributed by atoms with Crippen LogP contribution in [0.3, 0.4) is 0 Å². The summed E-state index contributed by atoms with van der Waals surface area (Å²) in [5.74, 6) is 0.229. The number of aryl methyl sites for hydroxylation is 1. The van der Waals surface area contributed by atoms with E-state index in [2.05, 4.69) is 4.90 Å². The normalized spacial score (nSPS) is 23.2. The first-order valence-corrected chi connectivity index (χ1v) is 9.00. The summed E-state index contributed by atoms with van der Waals surface area (Å²) in [6.45, 7) is 5.31. The molecular weight excluding hydrogens is 318 g/mol. The van der Waals surface area contributed by atoms with Crippen LogP contribution >= 0.6 is 0 Å². The van der Waals surface area contributed by atoms with Gasteiger partial charge in [-0.1, -0.05) is 6.92 Å². The standard InChI is InChI=1S/C15H23N3O4S/c1-11-9-13(5-6-15(11)18(19)20)23(21,22)17(4)14-7-8-16(3)10-12(14)2/h5-6,9,12,14H,7-8,10H2,1-4H3/t12-,14-/m0/s1. The van der Waals surface area contributed by atoms with E-state index in [4.69, 9.17) is 0 Å². The van der Waals surface area contributed by atoms with Gasteiger partial charge < -0.3 is 4.90 Å². The van der Waals surface area contributed by atoms with E-state index in [1.54, 1.807) is 14.0 Å². The zero-order valence-corrected chi connectivity index (χ0v) is 14.7. The molecule has 7 nitrogen and oxygen atoms in total. The lowest BCUT2D eigenvalue weighted by molar-refractivity contribution is -0.385. The number of likely N-dealkylation sites (tertiary alicyclic amines) is 1. The van der Waals surface area contributed by atoms with Crippen LogP contribution in [-0.2, 0) is 10.0 Å². The van der Waals surface area contributed by atoms with Crippen LogP contribution in [0.15, 0.2) is 23.1 Å². The third kappa shape index (κ3) is 3.54. The molecule has 128 valence electrons. The van der Waals surface area contributed by atoms with Gasteiger partial charge in [0.15, 0.2) is 0 Å². The van der Waals surface area contributed by atoms with Crippen molar-refractivity contribution in [3.63, 3.8) is 0 Å². The van der Waals surface area contributed by atoms with Gasteiger partial charge in [0.05, 0.1) is 9.82 Å². The van der Waals surface area contributed by atoms with Gasteiger partial charge in [-0.25, -0.2) is 8.42 Å². The van der Waals surface area contributed by atoms with Gasteiger partial charge in [-0.2, -0.15) is 4.31 Å². The first kappa shape index (κ1) is 17.8. The van der Waals surface area contributed by atoms with Crippen molar-refractivity contribution < 1.29 is 13.3 Å². The number of nitro groups is 1. The largest absolute Gasteiger partial charge is 0.306 e. The van der Waals surface area contributed by atoms with Gasteiger partial charge in [-0.15, -0.1) is 0 Å². The van der Waals surface area contributed by atoms with Crippen molar-refractivity contribution in [3.8, 4) is 0 Å². The zero-order chi connectivity index (χ0) is 17.4. The van der Waals surface area contributed by atoms with E-state index in [9.17, 15) is 18.5 Å². The lowest BCUT2D eigenvalue weighted by Crippen LogP contribution is -2.49. The van der Waals surface area contributed by atoms with Crippen LogP contribution in [0.2, 0.25) is 0 Å². The molecule has 1 aliphatic rings. The van der Waals surface area contributed by atoms with Crippen molar-refractivity contribution in [2.45, 2.75) is 31.2 Å². The Labute approximate surface area is 137 Å². The highest BCUT2D eigenvalue weighted by Crippen LogP contribution is 2.28. The van der Waals surface area contributed by atoms with Gasteiger partial charge >= 0.3 is 0 Å². The maximum absolute atomic E-state index is 12.8. The molecule has 0 spiro atoms. The van der Waals surface area contributed by atoms with Crippen LogP contribution in [0.4, 0.5) is 5.69 Å². The van der Waals surface area contributed by atoms with Crippen molar-refractivity contribution in [3.05, 3.63) is 33.9 Å². The van der Waals surface area contributed by atoms with Crippen LogP contribution in [0.1, 0.15) is 18.9 Å². The van der Waals surface area contributed by atoms with E-state index in [1.165, 1.54) is 22.5 Å². The van der Waals surface area contributed by atoms with Crippen LogP contribution < -0.4 is 0 Å². The second-order valence-electron chi connectivity index (χ2n) is 6.32. The smallest absolute Gasteiger partial charge is 0.272 e. The average molecular weight is 341 g/mol. The Morgan fingerprint density at radius 2 is 2.04 bits per heavy atom. The minimum Gasteiger partial charge on any atom is -0.306 e. The van der Waals surface area contributed by atoms with Gasteiger partial charge in [0, 0.05) is 31.3 Å². The molecule has 0 unspecified atom stereocenters. The molecule has 0 N–H and O–H groups in total. The Bertz CT molecular complexity index is 705. The third-order valence-electron chi connectivity index (χ3n) is 4.57. The van der Waals surface area contributed by atoms with E-state index < -0.39 is 14.9 Å². The van der Waals surface area contributed by atoms with Crippen LogP contribution in [0.25, 0.3) is 0 Å². The molecule has 1 aliphatic heterocycles. The summed E-state index contributed by atoms with van der Waals surface area (Å²) in [5, 5.41) is 10.9. The average Bonchev–Trinajstić information content (AvgIpc) is 2.46. The predicted octanol–water partition coefficient (Wildman–Crippen LogP) is 1.86. The molecule has 1 aromatic rings. The van der Waals surface area contributed by atoms with E-state index in [1.807, 2.05) is 14.0 Å².